The van der Waals surface area contributed by atoms with Crippen molar-refractivity contribution in [2.24, 2.45) is 0 Å². The molecule has 1 fully saturated rings. The summed E-state index contributed by atoms with van der Waals surface area (Å²) in [5, 5.41) is 14.0. The van der Waals surface area contributed by atoms with Crippen LogP contribution in [0.2, 0.25) is 0 Å². The molecule has 2 amide bonds. The van der Waals surface area contributed by atoms with Gasteiger partial charge in [-0.2, -0.15) is 4.31 Å². The van der Waals surface area contributed by atoms with Crippen LogP contribution in [0.3, 0.4) is 0 Å². The van der Waals surface area contributed by atoms with Gasteiger partial charge in [-0.3, -0.25) is 9.59 Å². The fourth-order valence-electron chi connectivity index (χ4n) is 2.54. The highest BCUT2D eigenvalue weighted by molar-refractivity contribution is 7.89. The Morgan fingerprint density at radius 3 is 2.50 bits per heavy atom. The van der Waals surface area contributed by atoms with Crippen molar-refractivity contribution in [2.45, 2.75) is 30.7 Å². The van der Waals surface area contributed by atoms with Gasteiger partial charge in [0.05, 0.1) is 11.4 Å². The number of sulfonamides is 1. The van der Waals surface area contributed by atoms with E-state index in [0.29, 0.717) is 12.8 Å². The van der Waals surface area contributed by atoms with Crippen LogP contribution >= 0.6 is 0 Å². The summed E-state index contributed by atoms with van der Waals surface area (Å²) in [6.07, 6.45) is 0.891. The van der Waals surface area contributed by atoms with Gasteiger partial charge in [-0.25, -0.2) is 13.2 Å². The number of nitrogens with one attached hydrogen (secondary N) is 2. The molecule has 0 aliphatic carbocycles. The van der Waals surface area contributed by atoms with Gasteiger partial charge in [0, 0.05) is 18.7 Å². The van der Waals surface area contributed by atoms with Crippen molar-refractivity contribution in [1.82, 2.24) is 14.9 Å². The summed E-state index contributed by atoms with van der Waals surface area (Å²) in [6.45, 7) is 1.98. The van der Waals surface area contributed by atoms with Crippen LogP contribution in [-0.4, -0.2) is 61.3 Å². The first-order chi connectivity index (χ1) is 12.3. The number of rotatable bonds is 7. The number of benzene rings is 1. The van der Waals surface area contributed by atoms with E-state index in [2.05, 4.69) is 10.6 Å². The van der Waals surface area contributed by atoms with Gasteiger partial charge < -0.3 is 15.7 Å². The first kappa shape index (κ1) is 19.9. The van der Waals surface area contributed by atoms with E-state index >= 15 is 0 Å². The maximum atomic E-state index is 12.5. The SMILES string of the molecule is CCCC(NC(=O)c1ccc(S(=O)(=O)N2CCNC(=O)C2)cc1)C(=O)O. The second kappa shape index (κ2) is 8.28. The fraction of sp³-hybridized carbons (Fsp3) is 0.438. The van der Waals surface area contributed by atoms with Crippen molar-refractivity contribution in [3.05, 3.63) is 29.8 Å². The van der Waals surface area contributed by atoms with Crippen molar-refractivity contribution in [2.75, 3.05) is 19.6 Å². The Kier molecular flexibility index (Phi) is 6.32. The van der Waals surface area contributed by atoms with E-state index in [-0.39, 0.29) is 36.0 Å². The van der Waals surface area contributed by atoms with E-state index in [9.17, 15) is 22.8 Å². The molecule has 1 atom stereocenters. The zero-order chi connectivity index (χ0) is 19.3. The van der Waals surface area contributed by atoms with Crippen LogP contribution in [0.15, 0.2) is 29.2 Å². The van der Waals surface area contributed by atoms with Gasteiger partial charge in [0.2, 0.25) is 15.9 Å². The molecule has 10 heteroatoms. The second-order valence-electron chi connectivity index (χ2n) is 5.87. The summed E-state index contributed by atoms with van der Waals surface area (Å²) in [5.74, 6) is -2.08. The molecule has 3 N–H and O–H groups in total. The minimum atomic E-state index is -3.84. The van der Waals surface area contributed by atoms with Crippen molar-refractivity contribution in [1.29, 1.82) is 0 Å². The molecule has 0 bridgehead atoms. The largest absolute Gasteiger partial charge is 0.480 e. The van der Waals surface area contributed by atoms with E-state index in [1.165, 1.54) is 24.3 Å². The molecule has 0 radical (unpaired) electrons. The van der Waals surface area contributed by atoms with Crippen molar-refractivity contribution in [3.63, 3.8) is 0 Å². The molecule has 0 aromatic heterocycles. The Morgan fingerprint density at radius 2 is 1.96 bits per heavy atom. The molecule has 1 aliphatic rings. The minimum Gasteiger partial charge on any atom is -0.480 e. The predicted octanol–water partition coefficient (Wildman–Crippen LogP) is -0.210. The number of nitrogens with zero attached hydrogens (tertiary/aromatic N) is 1. The molecule has 142 valence electrons. The van der Waals surface area contributed by atoms with E-state index in [4.69, 9.17) is 5.11 Å². The lowest BCUT2D eigenvalue weighted by Gasteiger charge is -2.25. The van der Waals surface area contributed by atoms with Gasteiger partial charge in [0.15, 0.2) is 0 Å². The third-order valence-electron chi connectivity index (χ3n) is 3.94. The number of hydrogen-bond acceptors (Lipinski definition) is 5. The molecule has 1 heterocycles. The van der Waals surface area contributed by atoms with Crippen LogP contribution < -0.4 is 10.6 Å². The molecule has 1 aromatic carbocycles. The Morgan fingerprint density at radius 1 is 1.31 bits per heavy atom. The first-order valence-corrected chi connectivity index (χ1v) is 9.60. The number of hydrogen-bond donors (Lipinski definition) is 3. The van der Waals surface area contributed by atoms with Crippen LogP contribution in [0.1, 0.15) is 30.1 Å². The quantitative estimate of drug-likeness (QED) is 0.597. The number of carboxylic acid groups (broad SMARTS) is 1. The fourth-order valence-corrected chi connectivity index (χ4v) is 3.93. The smallest absolute Gasteiger partial charge is 0.326 e. The highest BCUT2D eigenvalue weighted by Crippen LogP contribution is 2.17. The van der Waals surface area contributed by atoms with Gasteiger partial charge in [-0.05, 0) is 30.7 Å². The standard InChI is InChI=1S/C16H21N3O6S/c1-2-3-13(16(22)23)18-15(21)11-4-6-12(7-5-11)26(24,25)19-9-8-17-14(20)10-19/h4-7,13H,2-3,8-10H2,1H3,(H,17,20)(H,18,21)(H,22,23). The summed E-state index contributed by atoms with van der Waals surface area (Å²) in [6, 6.07) is 4.18. The molecule has 1 unspecified atom stereocenters. The molecule has 26 heavy (non-hydrogen) atoms. The molecule has 2 rings (SSSR count). The topological polar surface area (TPSA) is 133 Å². The first-order valence-electron chi connectivity index (χ1n) is 8.16. The third kappa shape index (κ3) is 4.58. The molecule has 1 aliphatic heterocycles. The Labute approximate surface area is 151 Å². The monoisotopic (exact) mass is 383 g/mol. The summed E-state index contributed by atoms with van der Waals surface area (Å²) >= 11 is 0. The second-order valence-corrected chi connectivity index (χ2v) is 7.80. The van der Waals surface area contributed by atoms with Crippen LogP contribution in [0.25, 0.3) is 0 Å². The van der Waals surface area contributed by atoms with Gasteiger partial charge in [0.1, 0.15) is 6.04 Å². The lowest BCUT2D eigenvalue weighted by molar-refractivity contribution is -0.139. The number of carbonyl (C=O) groups is 3. The summed E-state index contributed by atoms with van der Waals surface area (Å²) < 4.78 is 26.1. The zero-order valence-corrected chi connectivity index (χ0v) is 15.1. The van der Waals surface area contributed by atoms with Crippen LogP contribution in [0.5, 0.6) is 0 Å². The van der Waals surface area contributed by atoms with Crippen LogP contribution in [0.4, 0.5) is 0 Å². The maximum Gasteiger partial charge on any atom is 0.326 e. The molecule has 9 nitrogen and oxygen atoms in total. The lowest BCUT2D eigenvalue weighted by atomic mass is 10.1. The molecule has 0 spiro atoms. The minimum absolute atomic E-state index is 0.0351. The maximum absolute atomic E-state index is 12.5. The van der Waals surface area contributed by atoms with Gasteiger partial charge in [-0.15, -0.1) is 0 Å². The molecular weight excluding hydrogens is 362 g/mol. The van der Waals surface area contributed by atoms with E-state index in [1.807, 2.05) is 6.92 Å². The Bertz CT molecular complexity index is 791. The number of aliphatic carboxylic acids is 1. The Balaban J connectivity index is 2.13. The molecule has 1 saturated heterocycles. The highest BCUT2D eigenvalue weighted by Gasteiger charge is 2.29. The number of piperazine rings is 1. The van der Waals surface area contributed by atoms with E-state index in [1.54, 1.807) is 0 Å². The van der Waals surface area contributed by atoms with Crippen molar-refractivity contribution in [3.8, 4) is 0 Å². The Hall–Kier alpha value is -2.46. The van der Waals surface area contributed by atoms with Crippen molar-refractivity contribution < 1.29 is 27.9 Å². The average molecular weight is 383 g/mol. The normalized spacial score (nSPS) is 16.6. The predicted molar refractivity (Wildman–Crippen MR) is 92.0 cm³/mol. The number of carboxylic acids is 1. The summed E-state index contributed by atoms with van der Waals surface area (Å²) in [4.78, 5) is 34.6. The van der Waals surface area contributed by atoms with E-state index in [0.717, 1.165) is 4.31 Å². The summed E-state index contributed by atoms with van der Waals surface area (Å²) in [7, 11) is -3.84. The van der Waals surface area contributed by atoms with Gasteiger partial charge >= 0.3 is 5.97 Å². The number of amides is 2. The third-order valence-corrected chi connectivity index (χ3v) is 5.80. The van der Waals surface area contributed by atoms with Crippen LogP contribution in [-0.2, 0) is 19.6 Å². The lowest BCUT2D eigenvalue weighted by Crippen LogP contribution is -2.49. The van der Waals surface area contributed by atoms with Gasteiger partial charge in [-0.1, -0.05) is 13.3 Å². The number of carbonyl (C=O) groups excluding carboxylic acids is 2. The van der Waals surface area contributed by atoms with Gasteiger partial charge in [0.25, 0.3) is 5.91 Å². The summed E-state index contributed by atoms with van der Waals surface area (Å²) in [5.41, 5.74) is 0.155. The zero-order valence-electron chi connectivity index (χ0n) is 14.3. The molecule has 1 aromatic rings. The highest BCUT2D eigenvalue weighted by atomic mass is 32.2. The molecule has 0 saturated carbocycles. The molecular formula is C16H21N3O6S. The van der Waals surface area contributed by atoms with E-state index < -0.39 is 27.9 Å². The van der Waals surface area contributed by atoms with Crippen LogP contribution in [0, 0.1) is 0 Å². The average Bonchev–Trinajstić information content (AvgIpc) is 2.61. The van der Waals surface area contributed by atoms with Crippen molar-refractivity contribution >= 4 is 27.8 Å².